The fourth-order valence-corrected chi connectivity index (χ4v) is 15.3. The highest BCUT2D eigenvalue weighted by atomic mass is 127. The van der Waals surface area contributed by atoms with Gasteiger partial charge in [-0.1, -0.05) is 180 Å². The average molecular weight is 1840 g/mol. The zero-order valence-corrected chi connectivity index (χ0v) is 77.2. The lowest BCUT2D eigenvalue weighted by molar-refractivity contribution is -0.146. The summed E-state index contributed by atoms with van der Waals surface area (Å²) in [5.74, 6) is -1.04. The number of hydrogen-bond acceptors (Lipinski definition) is 22. The molecule has 5 aliphatic heterocycles. The first kappa shape index (κ1) is 102. The maximum Gasteiger partial charge on any atom is 0.408 e. The smallest absolute Gasteiger partial charge is 0.408 e. The minimum atomic E-state index is -0.617. The number of carbonyl (C=O) groups excluding carboxylic acids is 11. The van der Waals surface area contributed by atoms with Crippen molar-refractivity contribution in [2.75, 3.05) is 16.4 Å². The molecule has 5 aromatic carbocycles. The molecule has 5 aliphatic rings. The summed E-state index contributed by atoms with van der Waals surface area (Å²) in [5, 5.41) is 14.4. The highest BCUT2D eigenvalue weighted by Gasteiger charge is 2.44. The summed E-state index contributed by atoms with van der Waals surface area (Å²) in [5.41, 5.74) is 2.40. The van der Waals surface area contributed by atoms with E-state index in [1.54, 1.807) is 38.6 Å². The van der Waals surface area contributed by atoms with Gasteiger partial charge in [-0.25, -0.2) is 24.0 Å². The number of cyclic esters (lactones) is 5. The number of thioether (sulfide) groups is 1. The molecule has 0 aliphatic carbocycles. The first-order valence-electron chi connectivity index (χ1n) is 42.2. The molecule has 5 fully saturated rings. The van der Waals surface area contributed by atoms with Crippen LogP contribution in [0.4, 0.5) is 24.0 Å². The standard InChI is InChI=1S/C20H29NO4S.C20H27NO4.C19H26INO4.C19H25NO5.C17H23NO4/c1-20(2,3)25-19(23)21-16(12-14-8-6-5-7-9-14)17-13-15(10-11-26-4)18(22)24-17;1-5-9-15-13-17(24-18(15)22)16(12-14-10-7-6-8-11-14)21-19(23)25-20(2,3)4;1-19(2,3)25-18(23)21-15(11-13-7-5-4-6-8-13)16-12-14(9-10-20)17(22)24-16;1-19(2,3)25-18(23)20-15(11-13-7-5-4-6-8-13)16-12-14(9-10-21)17(22)24-16;1-17(2,3)22-16(20)18-13(14-9-10-15(19)21-14)11-12-7-5-4-6-8-12/h5-9,15-17H,10-13H2,1-4H3,(H,21,23);5-8,10-11,15-17H,1,9,12-13H2,2-4H3,(H,21,23);4-8,14-16H,9-12H2,1-3H3,(H,21,23);4-8,10,14-16H,9,11-12H2,1-3H3,(H,20,23);4-8,13-14H,9-11H2,1-3H3,(H,18,20)/t2*15-,16?,17+;2*14-,15?,16+;13?,14-/m11110/s1. The highest BCUT2D eigenvalue weighted by Crippen LogP contribution is 2.33. The van der Waals surface area contributed by atoms with Gasteiger partial charge in [-0.05, 0) is 221 Å². The Morgan fingerprint density at radius 2 is 0.634 bits per heavy atom. The predicted molar refractivity (Wildman–Crippen MR) is 480 cm³/mol. The van der Waals surface area contributed by atoms with Gasteiger partial charge in [-0.3, -0.25) is 24.0 Å². The molecule has 5 saturated heterocycles. The molecule has 14 atom stereocenters. The van der Waals surface area contributed by atoms with Crippen molar-refractivity contribution in [1.82, 2.24) is 26.6 Å². The Hall–Kier alpha value is -9.71. The number of alkyl carbamates (subject to hydrolysis) is 5. The summed E-state index contributed by atoms with van der Waals surface area (Å²) in [7, 11) is 0. The first-order valence-corrected chi connectivity index (χ1v) is 45.2. The van der Waals surface area contributed by atoms with E-state index < -0.39 is 76.5 Å². The summed E-state index contributed by atoms with van der Waals surface area (Å²) < 4.78 is 55.1. The van der Waals surface area contributed by atoms with Gasteiger partial charge in [0.05, 0.1) is 53.9 Å². The van der Waals surface area contributed by atoms with Gasteiger partial charge in [0, 0.05) is 23.7 Å². The van der Waals surface area contributed by atoms with Gasteiger partial charge in [0.25, 0.3) is 0 Å². The van der Waals surface area contributed by atoms with E-state index in [9.17, 15) is 52.7 Å². The van der Waals surface area contributed by atoms with Gasteiger partial charge in [-0.15, -0.1) is 6.58 Å². The van der Waals surface area contributed by atoms with Crippen LogP contribution in [0.3, 0.4) is 0 Å². The topological polar surface area (TPSA) is 340 Å². The molecule has 0 bridgehead atoms. The minimum Gasteiger partial charge on any atom is -0.460 e. The van der Waals surface area contributed by atoms with Crippen LogP contribution in [0.5, 0.6) is 0 Å². The largest absolute Gasteiger partial charge is 0.460 e. The molecule has 0 aromatic heterocycles. The number of halogens is 1. The summed E-state index contributed by atoms with van der Waals surface area (Å²) in [4.78, 5) is 131. The molecular weight excluding hydrogens is 1710 g/mol. The average Bonchev–Trinajstić information content (AvgIpc) is 1.72. The van der Waals surface area contributed by atoms with Gasteiger partial charge in [-0.2, -0.15) is 11.8 Å². The van der Waals surface area contributed by atoms with E-state index in [1.165, 1.54) is 0 Å². The van der Waals surface area contributed by atoms with E-state index in [0.29, 0.717) is 77.0 Å². The second kappa shape index (κ2) is 49.7. The summed E-state index contributed by atoms with van der Waals surface area (Å²) in [6.07, 6.45) is 8.59. The molecular formula is C95H130IN5O21S. The van der Waals surface area contributed by atoms with E-state index in [2.05, 4.69) is 55.8 Å². The number of rotatable bonds is 29. The van der Waals surface area contributed by atoms with Crippen molar-refractivity contribution < 1.29 is 100 Å². The van der Waals surface area contributed by atoms with E-state index in [1.807, 2.05) is 241 Å². The van der Waals surface area contributed by atoms with Crippen molar-refractivity contribution in [2.45, 2.75) is 289 Å². The van der Waals surface area contributed by atoms with Crippen molar-refractivity contribution in [2.24, 2.45) is 23.7 Å². The van der Waals surface area contributed by atoms with Crippen LogP contribution in [-0.2, 0) is 108 Å². The number of ether oxygens (including phenoxy) is 10. The molecule has 0 saturated carbocycles. The summed E-state index contributed by atoms with van der Waals surface area (Å²) >= 11 is 3.99. The quantitative estimate of drug-likeness (QED) is 0.00741. The highest BCUT2D eigenvalue weighted by molar-refractivity contribution is 14.1. The lowest BCUT2D eigenvalue weighted by Crippen LogP contribution is -2.46. The van der Waals surface area contributed by atoms with E-state index in [-0.39, 0.29) is 103 Å². The summed E-state index contributed by atoms with van der Waals surface area (Å²) in [6.45, 7) is 30.9. The molecule has 123 heavy (non-hydrogen) atoms. The summed E-state index contributed by atoms with van der Waals surface area (Å²) in [6, 6.07) is 47.3. The van der Waals surface area contributed by atoms with Crippen LogP contribution in [0.2, 0.25) is 0 Å². The van der Waals surface area contributed by atoms with Crippen molar-refractivity contribution in [1.29, 1.82) is 0 Å². The maximum atomic E-state index is 12.3. The lowest BCUT2D eigenvalue weighted by Gasteiger charge is -2.26. The monoisotopic (exact) mass is 1840 g/mol. The van der Waals surface area contributed by atoms with Gasteiger partial charge in [0.15, 0.2) is 0 Å². The number of nitrogens with one attached hydrogen (secondary N) is 5. The van der Waals surface area contributed by atoms with Crippen LogP contribution >= 0.6 is 34.4 Å². The molecule has 674 valence electrons. The Bertz CT molecular complexity index is 4040. The molecule has 5 heterocycles. The van der Waals surface area contributed by atoms with Crippen LogP contribution in [0.1, 0.15) is 196 Å². The SMILES string of the molecule is C=CC[C@@H]1C[C@@H](C(Cc2ccccc2)NC(=O)OC(C)(C)C)OC1=O.CC(C)(C)OC(=O)NC(Cc1ccccc1)[C@@H]1CCC(=O)O1.CC(C)(C)OC(=O)NC(Cc1ccccc1)[C@@H]1C[C@@H](CC=O)C(=O)O1.CC(C)(C)OC(=O)NC(Cc1ccccc1)[C@@H]1C[C@@H](CCI)C(=O)O1.CSCC[C@@H]1C[C@@H](C(Cc2ccccc2)NC(=O)OC(C)(C)C)OC1=O. The maximum absolute atomic E-state index is 12.3. The van der Waals surface area contributed by atoms with Crippen molar-refractivity contribution >= 4 is 101 Å². The van der Waals surface area contributed by atoms with Gasteiger partial charge in [0.1, 0.15) is 64.8 Å². The molecule has 28 heteroatoms. The second-order valence-corrected chi connectivity index (χ2v) is 38.2. The van der Waals surface area contributed by atoms with Gasteiger partial charge >= 0.3 is 60.3 Å². The zero-order valence-electron chi connectivity index (χ0n) is 74.3. The van der Waals surface area contributed by atoms with Crippen molar-refractivity contribution in [3.63, 3.8) is 0 Å². The Labute approximate surface area is 744 Å². The Morgan fingerprint density at radius 3 is 0.862 bits per heavy atom. The third-order valence-electron chi connectivity index (χ3n) is 19.6. The number of amides is 5. The fraction of sp³-hybridized carbons (Fsp3) is 0.547. The number of aldehydes is 1. The number of esters is 5. The van der Waals surface area contributed by atoms with Crippen molar-refractivity contribution in [3.05, 3.63) is 192 Å². The second-order valence-electron chi connectivity index (χ2n) is 36.1. The fourth-order valence-electron chi connectivity index (χ4n) is 14.1. The zero-order chi connectivity index (χ0) is 90.7. The van der Waals surface area contributed by atoms with Crippen LogP contribution in [0, 0.1) is 23.7 Å². The Morgan fingerprint density at radius 1 is 0.390 bits per heavy atom. The van der Waals surface area contributed by atoms with Crippen LogP contribution < -0.4 is 26.6 Å². The predicted octanol–water partition coefficient (Wildman–Crippen LogP) is 16.8. The van der Waals surface area contributed by atoms with Crippen LogP contribution in [0.15, 0.2) is 164 Å². The number of benzene rings is 5. The van der Waals surface area contributed by atoms with E-state index >= 15 is 0 Å². The first-order chi connectivity index (χ1) is 58.0. The van der Waals surface area contributed by atoms with Crippen molar-refractivity contribution in [3.8, 4) is 0 Å². The number of alkyl halides is 1. The molecule has 5 unspecified atom stereocenters. The number of allylic oxidation sites excluding steroid dienone is 1. The molecule has 5 N–H and O–H groups in total. The molecule has 10 rings (SSSR count). The number of hydrogen-bond donors (Lipinski definition) is 5. The van der Waals surface area contributed by atoms with Gasteiger partial charge < -0.3 is 78.7 Å². The van der Waals surface area contributed by atoms with Crippen LogP contribution in [0.25, 0.3) is 0 Å². The minimum absolute atomic E-state index is 0.0828. The van der Waals surface area contributed by atoms with E-state index in [0.717, 1.165) is 57.1 Å². The number of carbonyl (C=O) groups is 11. The molecule has 5 amide bonds. The third-order valence-corrected chi connectivity index (χ3v) is 20.9. The van der Waals surface area contributed by atoms with Crippen LogP contribution in [-0.4, -0.2) is 172 Å². The molecule has 5 aromatic rings. The lowest BCUT2D eigenvalue weighted by atomic mass is 9.94. The normalized spacial score (nSPS) is 21.0. The molecule has 26 nitrogen and oxygen atoms in total. The molecule has 0 spiro atoms. The van der Waals surface area contributed by atoms with E-state index in [4.69, 9.17) is 47.4 Å². The third kappa shape index (κ3) is 39.8. The Balaban J connectivity index is 0.000000238. The van der Waals surface area contributed by atoms with Gasteiger partial charge in [0.2, 0.25) is 0 Å². The molecule has 0 radical (unpaired) electrons. The Kier molecular flexibility index (Phi) is 41.2.